The summed E-state index contributed by atoms with van der Waals surface area (Å²) in [6.07, 6.45) is 1.98. The fourth-order valence-corrected chi connectivity index (χ4v) is 2.70. The molecule has 5 heteroatoms. The van der Waals surface area contributed by atoms with Crippen LogP contribution in [0.5, 0.6) is 0 Å². The number of benzene rings is 1. The Morgan fingerprint density at radius 1 is 1.22 bits per heavy atom. The standard InChI is InChI=1S/C18H23NO3S/c1-18(2,3)12-5-7-13(8-6-12)19-16(17(20)21)15-10-9-14(22-15)11-23-4/h5-10,16,19H,11H2,1-4H3,(H,20,21). The number of rotatable bonds is 6. The van der Waals surface area contributed by atoms with Gasteiger partial charge in [-0.1, -0.05) is 32.9 Å². The van der Waals surface area contributed by atoms with Gasteiger partial charge in [-0.2, -0.15) is 11.8 Å². The molecule has 0 saturated heterocycles. The Hall–Kier alpha value is -1.88. The van der Waals surface area contributed by atoms with E-state index >= 15 is 0 Å². The summed E-state index contributed by atoms with van der Waals surface area (Å²) in [6, 6.07) is 10.5. The topological polar surface area (TPSA) is 62.5 Å². The summed E-state index contributed by atoms with van der Waals surface area (Å²) < 4.78 is 5.63. The van der Waals surface area contributed by atoms with Crippen molar-refractivity contribution in [2.75, 3.05) is 11.6 Å². The number of hydrogen-bond acceptors (Lipinski definition) is 4. The van der Waals surface area contributed by atoms with E-state index < -0.39 is 12.0 Å². The molecule has 124 valence electrons. The molecule has 0 aliphatic rings. The number of anilines is 1. The Balaban J connectivity index is 2.17. The molecular weight excluding hydrogens is 310 g/mol. The van der Waals surface area contributed by atoms with Crippen molar-refractivity contribution in [3.05, 3.63) is 53.5 Å². The van der Waals surface area contributed by atoms with Gasteiger partial charge in [0.25, 0.3) is 0 Å². The lowest BCUT2D eigenvalue weighted by atomic mass is 9.87. The van der Waals surface area contributed by atoms with Gasteiger partial charge in [-0.25, -0.2) is 4.79 Å². The first-order valence-corrected chi connectivity index (χ1v) is 8.88. The Kier molecular flexibility index (Phi) is 5.42. The van der Waals surface area contributed by atoms with E-state index in [4.69, 9.17) is 4.42 Å². The van der Waals surface area contributed by atoms with Crippen molar-refractivity contribution in [2.45, 2.75) is 38.0 Å². The van der Waals surface area contributed by atoms with E-state index in [2.05, 4.69) is 26.1 Å². The van der Waals surface area contributed by atoms with Gasteiger partial charge in [0, 0.05) is 5.69 Å². The monoisotopic (exact) mass is 333 g/mol. The molecule has 0 spiro atoms. The third-order valence-electron chi connectivity index (χ3n) is 3.56. The van der Waals surface area contributed by atoms with Crippen LogP contribution in [-0.2, 0) is 16.0 Å². The summed E-state index contributed by atoms with van der Waals surface area (Å²) in [7, 11) is 0. The largest absolute Gasteiger partial charge is 0.479 e. The van der Waals surface area contributed by atoms with E-state index in [1.807, 2.05) is 36.6 Å². The molecule has 1 aromatic heterocycles. The second-order valence-electron chi connectivity index (χ2n) is 6.48. The lowest BCUT2D eigenvalue weighted by molar-refractivity contribution is -0.138. The second kappa shape index (κ2) is 7.13. The van der Waals surface area contributed by atoms with Gasteiger partial charge in [-0.05, 0) is 41.5 Å². The molecule has 4 nitrogen and oxygen atoms in total. The number of carboxylic acids is 1. The summed E-state index contributed by atoms with van der Waals surface area (Å²) in [4.78, 5) is 11.6. The lowest BCUT2D eigenvalue weighted by Gasteiger charge is -2.20. The van der Waals surface area contributed by atoms with Crippen LogP contribution in [0, 0.1) is 0 Å². The molecule has 0 aliphatic carbocycles. The van der Waals surface area contributed by atoms with Crippen molar-refractivity contribution in [2.24, 2.45) is 0 Å². The zero-order chi connectivity index (χ0) is 17.0. The lowest BCUT2D eigenvalue weighted by Crippen LogP contribution is -2.20. The highest BCUT2D eigenvalue weighted by atomic mass is 32.2. The van der Waals surface area contributed by atoms with E-state index in [0.29, 0.717) is 5.76 Å². The molecule has 1 unspecified atom stereocenters. The van der Waals surface area contributed by atoms with E-state index in [1.165, 1.54) is 5.56 Å². The third-order valence-corrected chi connectivity index (χ3v) is 4.14. The van der Waals surface area contributed by atoms with Crippen LogP contribution < -0.4 is 5.32 Å². The molecule has 2 aromatic rings. The summed E-state index contributed by atoms with van der Waals surface area (Å²) in [6.45, 7) is 6.43. The van der Waals surface area contributed by atoms with E-state index in [9.17, 15) is 9.90 Å². The summed E-state index contributed by atoms with van der Waals surface area (Å²) >= 11 is 1.63. The molecule has 0 amide bonds. The van der Waals surface area contributed by atoms with Crippen molar-refractivity contribution >= 4 is 23.4 Å². The Labute approximate surface area is 141 Å². The normalized spacial score (nSPS) is 12.9. The minimum Gasteiger partial charge on any atom is -0.479 e. The van der Waals surface area contributed by atoms with Crippen LogP contribution in [0.3, 0.4) is 0 Å². The van der Waals surface area contributed by atoms with Crippen LogP contribution in [0.15, 0.2) is 40.8 Å². The van der Waals surface area contributed by atoms with Gasteiger partial charge in [0.1, 0.15) is 11.5 Å². The van der Waals surface area contributed by atoms with Crippen molar-refractivity contribution in [1.29, 1.82) is 0 Å². The highest BCUT2D eigenvalue weighted by molar-refractivity contribution is 7.97. The van der Waals surface area contributed by atoms with Crippen LogP contribution in [0.25, 0.3) is 0 Å². The van der Waals surface area contributed by atoms with Crippen molar-refractivity contribution in [1.82, 2.24) is 0 Å². The number of aliphatic carboxylic acids is 1. The Bertz CT molecular complexity index is 656. The number of carboxylic acid groups (broad SMARTS) is 1. The molecule has 0 radical (unpaired) electrons. The second-order valence-corrected chi connectivity index (χ2v) is 7.35. The highest BCUT2D eigenvalue weighted by Crippen LogP contribution is 2.27. The molecule has 2 N–H and O–H groups in total. The number of thioether (sulfide) groups is 1. The van der Waals surface area contributed by atoms with Gasteiger partial charge in [0.2, 0.25) is 0 Å². The number of hydrogen-bond donors (Lipinski definition) is 2. The molecule has 1 atom stereocenters. The van der Waals surface area contributed by atoms with Gasteiger partial charge < -0.3 is 14.8 Å². The fraction of sp³-hybridized carbons (Fsp3) is 0.389. The fourth-order valence-electron chi connectivity index (χ4n) is 2.26. The molecule has 0 fully saturated rings. The quantitative estimate of drug-likeness (QED) is 0.804. The van der Waals surface area contributed by atoms with Gasteiger partial charge in [0.05, 0.1) is 5.75 Å². The van der Waals surface area contributed by atoms with Crippen molar-refractivity contribution in [3.8, 4) is 0 Å². The third kappa shape index (κ3) is 4.55. The number of furan rings is 1. The summed E-state index contributed by atoms with van der Waals surface area (Å²) in [5, 5.41) is 12.5. The van der Waals surface area contributed by atoms with E-state index in [-0.39, 0.29) is 5.41 Å². The zero-order valence-corrected chi connectivity index (χ0v) is 14.7. The van der Waals surface area contributed by atoms with Gasteiger partial charge in [-0.3, -0.25) is 0 Å². The smallest absolute Gasteiger partial charge is 0.334 e. The first kappa shape index (κ1) is 17.5. The molecule has 23 heavy (non-hydrogen) atoms. The molecule has 0 aliphatic heterocycles. The predicted molar refractivity (Wildman–Crippen MR) is 95.1 cm³/mol. The average Bonchev–Trinajstić information content (AvgIpc) is 2.92. The van der Waals surface area contributed by atoms with Gasteiger partial charge in [-0.15, -0.1) is 0 Å². The average molecular weight is 333 g/mol. The molecule has 2 rings (SSSR count). The Morgan fingerprint density at radius 3 is 2.39 bits per heavy atom. The van der Waals surface area contributed by atoms with Crippen molar-refractivity contribution in [3.63, 3.8) is 0 Å². The van der Waals surface area contributed by atoms with Gasteiger partial charge >= 0.3 is 5.97 Å². The van der Waals surface area contributed by atoms with Crippen LogP contribution in [0.2, 0.25) is 0 Å². The summed E-state index contributed by atoms with van der Waals surface area (Å²) in [5.74, 6) is 0.965. The first-order chi connectivity index (χ1) is 10.8. The highest BCUT2D eigenvalue weighted by Gasteiger charge is 2.23. The number of carbonyl (C=O) groups is 1. The number of nitrogens with one attached hydrogen (secondary N) is 1. The van der Waals surface area contributed by atoms with Gasteiger partial charge in [0.15, 0.2) is 6.04 Å². The van der Waals surface area contributed by atoms with E-state index in [0.717, 1.165) is 17.2 Å². The molecule has 0 saturated carbocycles. The van der Waals surface area contributed by atoms with Crippen LogP contribution >= 0.6 is 11.8 Å². The Morgan fingerprint density at radius 2 is 1.87 bits per heavy atom. The minimum atomic E-state index is -0.963. The maximum atomic E-state index is 11.6. The minimum absolute atomic E-state index is 0.0679. The van der Waals surface area contributed by atoms with Crippen LogP contribution in [-0.4, -0.2) is 17.3 Å². The maximum absolute atomic E-state index is 11.6. The van der Waals surface area contributed by atoms with Crippen molar-refractivity contribution < 1.29 is 14.3 Å². The first-order valence-electron chi connectivity index (χ1n) is 7.48. The van der Waals surface area contributed by atoms with Crippen LogP contribution in [0.1, 0.15) is 43.9 Å². The molecule has 0 bridgehead atoms. The predicted octanol–water partition coefficient (Wildman–Crippen LogP) is 4.68. The molecular formula is C18H23NO3S. The van der Waals surface area contributed by atoms with E-state index in [1.54, 1.807) is 17.8 Å². The zero-order valence-electron chi connectivity index (χ0n) is 13.9. The maximum Gasteiger partial charge on any atom is 0.334 e. The molecule has 1 heterocycles. The molecule has 1 aromatic carbocycles. The summed E-state index contributed by atoms with van der Waals surface area (Å²) in [5.41, 5.74) is 2.03. The van der Waals surface area contributed by atoms with Crippen LogP contribution in [0.4, 0.5) is 5.69 Å². The SMILES string of the molecule is CSCc1ccc(C(Nc2ccc(C(C)(C)C)cc2)C(=O)O)o1.